The van der Waals surface area contributed by atoms with Gasteiger partial charge in [0.05, 0.1) is 17.8 Å². The number of hydrogen-bond acceptors (Lipinski definition) is 3. The lowest BCUT2D eigenvalue weighted by Crippen LogP contribution is -2.42. The maximum absolute atomic E-state index is 11.6. The number of amides is 2. The van der Waals surface area contributed by atoms with Gasteiger partial charge in [-0.3, -0.25) is 9.48 Å². The Labute approximate surface area is 105 Å². The third-order valence-electron chi connectivity index (χ3n) is 2.71. The van der Waals surface area contributed by atoms with Gasteiger partial charge in [0.2, 0.25) is 0 Å². The van der Waals surface area contributed by atoms with E-state index in [-0.39, 0.29) is 0 Å². The summed E-state index contributed by atoms with van der Waals surface area (Å²) in [7, 11) is 0. The molecule has 0 spiro atoms. The average Bonchev–Trinajstić information content (AvgIpc) is 2.75. The van der Waals surface area contributed by atoms with E-state index in [1.54, 1.807) is 24.7 Å². The summed E-state index contributed by atoms with van der Waals surface area (Å²) in [6.45, 7) is 5.85. The Morgan fingerprint density at radius 2 is 2.17 bits per heavy atom. The molecule has 0 aliphatic rings. The third-order valence-corrected chi connectivity index (χ3v) is 2.71. The number of carbonyl (C=O) groups excluding carboxylic acids is 1. The maximum atomic E-state index is 11.6. The smallest absolute Gasteiger partial charge is 0.319 e. The fourth-order valence-corrected chi connectivity index (χ4v) is 1.31. The van der Waals surface area contributed by atoms with Crippen LogP contribution in [0.1, 0.15) is 20.8 Å². The second-order valence-electron chi connectivity index (χ2n) is 4.10. The van der Waals surface area contributed by atoms with E-state index >= 15 is 0 Å². The quantitative estimate of drug-likeness (QED) is 0.734. The van der Waals surface area contributed by atoms with E-state index in [9.17, 15) is 9.59 Å². The first-order valence-electron chi connectivity index (χ1n) is 5.76. The Morgan fingerprint density at radius 1 is 1.50 bits per heavy atom. The van der Waals surface area contributed by atoms with Crippen LogP contribution in [0.15, 0.2) is 12.4 Å². The van der Waals surface area contributed by atoms with E-state index in [4.69, 9.17) is 5.11 Å². The Bertz CT molecular complexity index is 430. The number of anilines is 1. The van der Waals surface area contributed by atoms with Crippen LogP contribution in [0.4, 0.5) is 10.5 Å². The summed E-state index contributed by atoms with van der Waals surface area (Å²) in [6, 6.07) is -0.894. The third kappa shape index (κ3) is 3.76. The molecule has 2 amide bonds. The van der Waals surface area contributed by atoms with Gasteiger partial charge in [0, 0.05) is 18.8 Å². The van der Waals surface area contributed by atoms with Crippen molar-refractivity contribution in [3.8, 4) is 0 Å². The van der Waals surface area contributed by atoms with Gasteiger partial charge < -0.3 is 15.7 Å². The van der Waals surface area contributed by atoms with Gasteiger partial charge in [0.1, 0.15) is 0 Å². The highest BCUT2D eigenvalue weighted by Crippen LogP contribution is 2.06. The van der Waals surface area contributed by atoms with Gasteiger partial charge >= 0.3 is 12.0 Å². The number of aromatic nitrogens is 2. The molecule has 0 aliphatic heterocycles. The lowest BCUT2D eigenvalue weighted by atomic mass is 10.0. The highest BCUT2D eigenvalue weighted by molar-refractivity contribution is 5.89. The monoisotopic (exact) mass is 254 g/mol. The Hall–Kier alpha value is -2.05. The van der Waals surface area contributed by atoms with Crippen LogP contribution in [-0.4, -0.2) is 32.9 Å². The second kappa shape index (κ2) is 6.04. The number of aliphatic carboxylic acids is 1. The normalized spacial score (nSPS) is 13.7. The van der Waals surface area contributed by atoms with Gasteiger partial charge in [0.25, 0.3) is 0 Å². The fourth-order valence-electron chi connectivity index (χ4n) is 1.31. The largest absolute Gasteiger partial charge is 0.481 e. The van der Waals surface area contributed by atoms with Crippen LogP contribution in [-0.2, 0) is 11.3 Å². The van der Waals surface area contributed by atoms with Gasteiger partial charge in [-0.15, -0.1) is 0 Å². The summed E-state index contributed by atoms with van der Waals surface area (Å²) in [5, 5.41) is 18.0. The van der Waals surface area contributed by atoms with Gasteiger partial charge in [-0.1, -0.05) is 0 Å². The van der Waals surface area contributed by atoms with Crippen LogP contribution in [0.5, 0.6) is 0 Å². The molecule has 18 heavy (non-hydrogen) atoms. The van der Waals surface area contributed by atoms with Crippen molar-refractivity contribution in [2.24, 2.45) is 5.92 Å². The molecule has 0 aromatic carbocycles. The lowest BCUT2D eigenvalue weighted by Gasteiger charge is -2.17. The molecule has 7 nitrogen and oxygen atoms in total. The number of nitrogens with zero attached hydrogens (tertiary/aromatic N) is 2. The molecule has 0 fully saturated rings. The number of carboxylic acids is 1. The van der Waals surface area contributed by atoms with E-state index in [1.165, 1.54) is 6.20 Å². The maximum Gasteiger partial charge on any atom is 0.319 e. The highest BCUT2D eigenvalue weighted by atomic mass is 16.4. The van der Waals surface area contributed by atoms with Crippen molar-refractivity contribution in [2.45, 2.75) is 33.4 Å². The summed E-state index contributed by atoms with van der Waals surface area (Å²) in [5.41, 5.74) is 0.574. The number of carboxylic acid groups (broad SMARTS) is 1. The molecule has 0 radical (unpaired) electrons. The summed E-state index contributed by atoms with van der Waals surface area (Å²) in [4.78, 5) is 22.3. The fraction of sp³-hybridized carbons (Fsp3) is 0.545. The minimum absolute atomic E-state index is 0.439. The predicted molar refractivity (Wildman–Crippen MR) is 66.3 cm³/mol. The van der Waals surface area contributed by atoms with Crippen LogP contribution in [0.3, 0.4) is 0 Å². The molecule has 0 aliphatic carbocycles. The molecule has 1 aromatic rings. The Balaban J connectivity index is 2.48. The zero-order valence-electron chi connectivity index (χ0n) is 10.7. The van der Waals surface area contributed by atoms with Crippen molar-refractivity contribution in [2.75, 3.05) is 5.32 Å². The van der Waals surface area contributed by atoms with Gasteiger partial charge in [0.15, 0.2) is 0 Å². The van der Waals surface area contributed by atoms with Crippen LogP contribution in [0.2, 0.25) is 0 Å². The van der Waals surface area contributed by atoms with E-state index in [0.717, 1.165) is 6.54 Å². The number of hydrogen-bond donors (Lipinski definition) is 3. The van der Waals surface area contributed by atoms with Crippen molar-refractivity contribution < 1.29 is 14.7 Å². The van der Waals surface area contributed by atoms with Crippen molar-refractivity contribution in [3.63, 3.8) is 0 Å². The molecule has 7 heteroatoms. The highest BCUT2D eigenvalue weighted by Gasteiger charge is 2.20. The summed E-state index contributed by atoms with van der Waals surface area (Å²) in [6.07, 6.45) is 3.24. The van der Waals surface area contributed by atoms with E-state index in [0.29, 0.717) is 5.69 Å². The molecule has 1 rings (SSSR count). The second-order valence-corrected chi connectivity index (χ2v) is 4.10. The molecule has 0 bridgehead atoms. The minimum Gasteiger partial charge on any atom is -0.481 e. The zero-order chi connectivity index (χ0) is 13.7. The molecule has 2 atom stereocenters. The molecular weight excluding hydrogens is 236 g/mol. The summed E-state index contributed by atoms with van der Waals surface area (Å²) < 4.78 is 1.68. The van der Waals surface area contributed by atoms with Crippen molar-refractivity contribution in [1.29, 1.82) is 0 Å². The minimum atomic E-state index is -0.943. The van der Waals surface area contributed by atoms with Crippen LogP contribution in [0.25, 0.3) is 0 Å². The lowest BCUT2D eigenvalue weighted by molar-refractivity contribution is -0.141. The van der Waals surface area contributed by atoms with E-state index in [1.807, 2.05) is 6.92 Å². The summed E-state index contributed by atoms with van der Waals surface area (Å²) in [5.74, 6) is -1.59. The van der Waals surface area contributed by atoms with E-state index < -0.39 is 24.0 Å². The Morgan fingerprint density at radius 3 is 2.67 bits per heavy atom. The molecule has 3 N–H and O–H groups in total. The topological polar surface area (TPSA) is 96.2 Å². The number of nitrogens with one attached hydrogen (secondary N) is 2. The van der Waals surface area contributed by atoms with Crippen LogP contribution < -0.4 is 10.6 Å². The molecular formula is C11H18N4O3. The SMILES string of the molecule is CCn1cc(NC(=O)NC(C)C(C)C(=O)O)cn1. The molecule has 0 saturated heterocycles. The summed E-state index contributed by atoms with van der Waals surface area (Å²) >= 11 is 0. The van der Waals surface area contributed by atoms with Crippen molar-refractivity contribution in [3.05, 3.63) is 12.4 Å². The average molecular weight is 254 g/mol. The predicted octanol–water partition coefficient (Wildman–Crippen LogP) is 1.13. The Kier molecular flexibility index (Phi) is 4.70. The van der Waals surface area contributed by atoms with Gasteiger partial charge in [-0.05, 0) is 20.8 Å². The first-order valence-corrected chi connectivity index (χ1v) is 5.76. The van der Waals surface area contributed by atoms with Gasteiger partial charge in [-0.2, -0.15) is 5.10 Å². The first kappa shape index (κ1) is 14.0. The number of rotatable bonds is 5. The molecule has 1 heterocycles. The zero-order valence-corrected chi connectivity index (χ0v) is 10.7. The van der Waals surface area contributed by atoms with Crippen molar-refractivity contribution in [1.82, 2.24) is 15.1 Å². The van der Waals surface area contributed by atoms with Crippen LogP contribution >= 0.6 is 0 Å². The molecule has 1 aromatic heterocycles. The number of urea groups is 1. The number of carbonyl (C=O) groups is 2. The van der Waals surface area contributed by atoms with Crippen molar-refractivity contribution >= 4 is 17.7 Å². The molecule has 0 saturated carbocycles. The number of aryl methyl sites for hydroxylation is 1. The van der Waals surface area contributed by atoms with E-state index in [2.05, 4.69) is 15.7 Å². The molecule has 2 unspecified atom stereocenters. The standard InChI is InChI=1S/C11H18N4O3/c1-4-15-6-9(5-12-15)14-11(18)13-8(3)7(2)10(16)17/h5-8H,4H2,1-3H3,(H,16,17)(H2,13,14,18). The van der Waals surface area contributed by atoms with Gasteiger partial charge in [-0.25, -0.2) is 4.79 Å². The molecule has 100 valence electrons. The van der Waals surface area contributed by atoms with Crippen LogP contribution in [0, 0.1) is 5.92 Å². The first-order chi connectivity index (χ1) is 8.43.